The van der Waals surface area contributed by atoms with Gasteiger partial charge in [-0.3, -0.25) is 9.59 Å². The standard InChI is InChI=1S/C38H32N2O4S2/c39-19-23(20-40)38-45-34-32(43-36(41)21-11-3-1-4-12-21)30-28-24-15-7-9-17-26(24)29(27-18-10-8-16-25(27)28)31(30)33(35(34)46-38)44-37(42)22-13-5-2-6-14-22/h7-10,15-18,21-22,28-29H,1-6,11-14H2. The fraction of sp³-hybridized carbons (Fsp3) is 0.368. The molecular weight excluding hydrogens is 613 g/mol. The third kappa shape index (κ3) is 4.69. The maximum Gasteiger partial charge on any atom is 0.314 e. The van der Waals surface area contributed by atoms with E-state index in [2.05, 4.69) is 24.3 Å². The van der Waals surface area contributed by atoms with Crippen molar-refractivity contribution in [3.05, 3.63) is 91.7 Å². The molecule has 46 heavy (non-hydrogen) atoms. The summed E-state index contributed by atoms with van der Waals surface area (Å²) in [5, 5.41) is 19.7. The number of hydrogen-bond donors (Lipinski definition) is 0. The number of allylic oxidation sites excluding steroid dienone is 1. The molecule has 2 fully saturated rings. The third-order valence-electron chi connectivity index (χ3n) is 10.3. The van der Waals surface area contributed by atoms with E-state index in [-0.39, 0.29) is 41.2 Å². The van der Waals surface area contributed by atoms with Crippen LogP contribution in [0.5, 0.6) is 11.5 Å². The summed E-state index contributed by atoms with van der Waals surface area (Å²) in [5.74, 6) is -0.308. The summed E-state index contributed by atoms with van der Waals surface area (Å²) in [6.45, 7) is 0. The molecule has 3 aromatic carbocycles. The Hall–Kier alpha value is -3.98. The monoisotopic (exact) mass is 644 g/mol. The second kappa shape index (κ2) is 12.0. The second-order valence-corrected chi connectivity index (χ2v) is 15.2. The minimum Gasteiger partial charge on any atom is -0.425 e. The zero-order valence-electron chi connectivity index (χ0n) is 25.3. The molecule has 6 nitrogen and oxygen atoms in total. The average Bonchev–Trinajstić information content (AvgIpc) is 3.55. The molecule has 0 atom stereocenters. The van der Waals surface area contributed by atoms with Crippen LogP contribution < -0.4 is 9.47 Å². The van der Waals surface area contributed by atoms with E-state index in [4.69, 9.17) is 9.47 Å². The molecule has 230 valence electrons. The zero-order chi connectivity index (χ0) is 31.4. The Bertz CT molecular complexity index is 1730. The number of carbonyl (C=O) groups excluding carboxylic acids is 2. The highest BCUT2D eigenvalue weighted by Gasteiger charge is 2.49. The number of nitriles is 2. The smallest absolute Gasteiger partial charge is 0.314 e. The lowest BCUT2D eigenvalue weighted by atomic mass is 9.60. The minimum absolute atomic E-state index is 0.00664. The van der Waals surface area contributed by atoms with Gasteiger partial charge in [-0.05, 0) is 47.9 Å². The van der Waals surface area contributed by atoms with E-state index in [0.29, 0.717) is 25.5 Å². The van der Waals surface area contributed by atoms with Crippen LogP contribution in [0.15, 0.2) is 68.1 Å². The van der Waals surface area contributed by atoms with Crippen molar-refractivity contribution in [3.8, 4) is 23.6 Å². The first-order valence-corrected chi connectivity index (χ1v) is 18.0. The number of hydrogen-bond acceptors (Lipinski definition) is 8. The highest BCUT2D eigenvalue weighted by molar-refractivity contribution is 8.24. The van der Waals surface area contributed by atoms with E-state index in [9.17, 15) is 20.1 Å². The van der Waals surface area contributed by atoms with Crippen LogP contribution in [0.4, 0.5) is 0 Å². The van der Waals surface area contributed by atoms with Gasteiger partial charge < -0.3 is 9.47 Å². The Morgan fingerprint density at radius 2 is 0.978 bits per heavy atom. The summed E-state index contributed by atoms with van der Waals surface area (Å²) in [4.78, 5) is 29.1. The molecule has 2 saturated carbocycles. The molecule has 0 unspecified atom stereocenters. The quantitative estimate of drug-likeness (QED) is 0.109. The number of fused-ring (bicyclic) bond motifs is 1. The molecule has 0 spiro atoms. The van der Waals surface area contributed by atoms with Crippen LogP contribution in [0.2, 0.25) is 0 Å². The highest BCUT2D eigenvalue weighted by Crippen LogP contribution is 2.68. The Morgan fingerprint density at radius 3 is 1.33 bits per heavy atom. The molecule has 0 aromatic heterocycles. The lowest BCUT2D eigenvalue weighted by Gasteiger charge is -2.43. The summed E-state index contributed by atoms with van der Waals surface area (Å²) >= 11 is 2.55. The van der Waals surface area contributed by atoms with Crippen LogP contribution in [0, 0.1) is 34.5 Å². The molecule has 1 aliphatic heterocycles. The van der Waals surface area contributed by atoms with Crippen LogP contribution >= 0.6 is 23.5 Å². The van der Waals surface area contributed by atoms with Crippen LogP contribution in [0.1, 0.15) is 109 Å². The molecule has 5 aliphatic carbocycles. The van der Waals surface area contributed by atoms with Gasteiger partial charge in [0.15, 0.2) is 11.5 Å². The van der Waals surface area contributed by atoms with E-state index in [1.165, 1.54) is 23.5 Å². The van der Waals surface area contributed by atoms with Crippen molar-refractivity contribution in [1.82, 2.24) is 0 Å². The van der Waals surface area contributed by atoms with Gasteiger partial charge in [-0.15, -0.1) is 0 Å². The van der Waals surface area contributed by atoms with Crippen molar-refractivity contribution < 1.29 is 19.1 Å². The number of nitrogens with zero attached hydrogens (tertiary/aromatic N) is 2. The van der Waals surface area contributed by atoms with Gasteiger partial charge in [0.25, 0.3) is 0 Å². The van der Waals surface area contributed by atoms with Gasteiger partial charge >= 0.3 is 11.9 Å². The summed E-state index contributed by atoms with van der Waals surface area (Å²) in [6, 6.07) is 20.9. The van der Waals surface area contributed by atoms with Crippen LogP contribution in [-0.2, 0) is 9.59 Å². The fourth-order valence-electron chi connectivity index (χ4n) is 8.16. The number of carbonyl (C=O) groups is 2. The Kier molecular flexibility index (Phi) is 7.67. The van der Waals surface area contributed by atoms with E-state index in [1.807, 2.05) is 36.4 Å². The van der Waals surface area contributed by atoms with E-state index in [0.717, 1.165) is 97.6 Å². The average molecular weight is 645 g/mol. The maximum absolute atomic E-state index is 13.9. The number of rotatable bonds is 4. The second-order valence-electron chi connectivity index (χ2n) is 12.9. The minimum atomic E-state index is -0.233. The van der Waals surface area contributed by atoms with Crippen molar-refractivity contribution in [3.63, 3.8) is 0 Å². The molecule has 0 saturated heterocycles. The Labute approximate surface area is 277 Å². The van der Waals surface area contributed by atoms with Gasteiger partial charge in [0.2, 0.25) is 0 Å². The van der Waals surface area contributed by atoms with Gasteiger partial charge in [-0.1, -0.05) is 111 Å². The predicted molar refractivity (Wildman–Crippen MR) is 176 cm³/mol. The van der Waals surface area contributed by atoms with Gasteiger partial charge in [-0.25, -0.2) is 0 Å². The van der Waals surface area contributed by atoms with Gasteiger partial charge in [-0.2, -0.15) is 10.5 Å². The normalized spacial score (nSPS) is 21.2. The first-order valence-electron chi connectivity index (χ1n) is 16.3. The third-order valence-corrected chi connectivity index (χ3v) is 12.9. The van der Waals surface area contributed by atoms with E-state index in [1.54, 1.807) is 0 Å². The largest absolute Gasteiger partial charge is 0.425 e. The number of esters is 2. The van der Waals surface area contributed by atoms with Crippen molar-refractivity contribution in [1.29, 1.82) is 10.5 Å². The lowest BCUT2D eigenvalue weighted by molar-refractivity contribution is -0.141. The van der Waals surface area contributed by atoms with Crippen molar-refractivity contribution in [2.45, 2.75) is 85.8 Å². The van der Waals surface area contributed by atoms with Crippen LogP contribution in [-0.4, -0.2) is 11.9 Å². The molecule has 8 heteroatoms. The first kappa shape index (κ1) is 29.4. The van der Waals surface area contributed by atoms with E-state index >= 15 is 0 Å². The Morgan fingerprint density at radius 1 is 0.609 bits per heavy atom. The van der Waals surface area contributed by atoms with Crippen molar-refractivity contribution >= 4 is 35.5 Å². The molecule has 3 aromatic rings. The van der Waals surface area contributed by atoms with Crippen molar-refractivity contribution in [2.24, 2.45) is 11.8 Å². The molecule has 0 radical (unpaired) electrons. The number of ether oxygens (including phenoxy) is 2. The summed E-state index contributed by atoms with van der Waals surface area (Å²) in [7, 11) is 0. The molecule has 9 rings (SSSR count). The van der Waals surface area contributed by atoms with Gasteiger partial charge in [0, 0.05) is 23.0 Å². The highest BCUT2D eigenvalue weighted by atomic mass is 32.2. The molecule has 6 aliphatic rings. The van der Waals surface area contributed by atoms with Crippen molar-refractivity contribution in [2.75, 3.05) is 0 Å². The number of benzene rings is 3. The van der Waals surface area contributed by atoms with E-state index < -0.39 is 0 Å². The maximum atomic E-state index is 13.9. The molecular formula is C38H32N2O4S2. The number of thioether (sulfide) groups is 2. The molecule has 0 N–H and O–H groups in total. The molecule has 2 bridgehead atoms. The van der Waals surface area contributed by atoms with Gasteiger partial charge in [0.05, 0.1) is 25.9 Å². The zero-order valence-corrected chi connectivity index (χ0v) is 27.0. The SMILES string of the molecule is N#CC(C#N)=C1Sc2c(OC(=O)C3CCCCC3)c3c(c(OC(=O)C4CCCCC4)c2S1)C1c2ccccc2C3c2ccccc21. The molecule has 0 amide bonds. The van der Waals surface area contributed by atoms with Crippen LogP contribution in [0.25, 0.3) is 0 Å². The summed E-state index contributed by atoms with van der Waals surface area (Å²) in [6.07, 6.45) is 9.47. The van der Waals surface area contributed by atoms with Gasteiger partial charge in [0.1, 0.15) is 17.7 Å². The summed E-state index contributed by atoms with van der Waals surface area (Å²) < 4.78 is 13.6. The first-order chi connectivity index (χ1) is 22.6. The predicted octanol–water partition coefficient (Wildman–Crippen LogP) is 9.10. The Balaban J connectivity index is 1.39. The fourth-order valence-corrected chi connectivity index (χ4v) is 10.7. The van der Waals surface area contributed by atoms with Crippen LogP contribution in [0.3, 0.4) is 0 Å². The lowest BCUT2D eigenvalue weighted by Crippen LogP contribution is -2.31. The summed E-state index contributed by atoms with van der Waals surface area (Å²) in [5.41, 5.74) is 6.33. The molecule has 1 heterocycles. The topological polar surface area (TPSA) is 100 Å².